The second-order valence-electron chi connectivity index (χ2n) is 4.90. The van der Waals surface area contributed by atoms with Crippen LogP contribution in [0.15, 0.2) is 25.3 Å². The van der Waals surface area contributed by atoms with E-state index in [1.165, 1.54) is 17.3 Å². The van der Waals surface area contributed by atoms with E-state index in [0.29, 0.717) is 13.2 Å². The van der Waals surface area contributed by atoms with Gasteiger partial charge in [-0.25, -0.2) is 14.5 Å². The van der Waals surface area contributed by atoms with Gasteiger partial charge in [0, 0.05) is 6.54 Å². The fourth-order valence-electron chi connectivity index (χ4n) is 2.60. The van der Waals surface area contributed by atoms with Gasteiger partial charge in [-0.3, -0.25) is 0 Å². The Kier molecular flexibility index (Phi) is 3.86. The first kappa shape index (κ1) is 14.0. The van der Waals surface area contributed by atoms with E-state index in [2.05, 4.69) is 27.3 Å². The smallest absolute Gasteiger partial charge is 0.315 e. The Labute approximate surface area is 120 Å². The summed E-state index contributed by atoms with van der Waals surface area (Å²) in [5, 5.41) is 19.9. The predicted molar refractivity (Wildman–Crippen MR) is 70.2 cm³/mol. The van der Waals surface area contributed by atoms with Crippen molar-refractivity contribution >= 4 is 6.03 Å². The van der Waals surface area contributed by atoms with Gasteiger partial charge in [0.2, 0.25) is 0 Å². The average Bonchev–Trinajstić information content (AvgIpc) is 3.13. The van der Waals surface area contributed by atoms with E-state index in [1.807, 2.05) is 0 Å². The molecule has 0 radical (unpaired) electrons. The third-order valence-corrected chi connectivity index (χ3v) is 3.58. The molecule has 2 aliphatic heterocycles. The van der Waals surface area contributed by atoms with Crippen LogP contribution >= 0.6 is 0 Å². The predicted octanol–water partition coefficient (Wildman–Crippen LogP) is -1.21. The molecular weight excluding hydrogens is 278 g/mol. The molecule has 3 N–H and O–H groups in total. The Bertz CT molecular complexity index is 508. The molecule has 0 aliphatic carbocycles. The first-order valence-corrected chi connectivity index (χ1v) is 6.65. The van der Waals surface area contributed by atoms with Gasteiger partial charge in [-0.15, -0.1) is 6.58 Å². The highest BCUT2D eigenvalue weighted by atomic mass is 16.7. The van der Waals surface area contributed by atoms with Crippen molar-refractivity contribution in [2.24, 2.45) is 0 Å². The lowest BCUT2D eigenvalue weighted by Gasteiger charge is -2.38. The highest BCUT2D eigenvalue weighted by Gasteiger charge is 2.51. The van der Waals surface area contributed by atoms with Gasteiger partial charge in [0.15, 0.2) is 6.29 Å². The number of aliphatic hydroxyl groups excluding tert-OH is 1. The SMILES string of the molecule is C=CCNC(=O)N[C@H]1[C@H](O)[C@@H](n2cncn2)[C@@H]2OC[C@H]1O2. The highest BCUT2D eigenvalue weighted by Crippen LogP contribution is 2.35. The zero-order valence-corrected chi connectivity index (χ0v) is 11.3. The molecule has 3 heterocycles. The quantitative estimate of drug-likeness (QED) is 0.601. The van der Waals surface area contributed by atoms with Gasteiger partial charge in [0.1, 0.15) is 30.9 Å². The maximum atomic E-state index is 11.8. The molecule has 9 heteroatoms. The molecule has 0 spiro atoms. The largest absolute Gasteiger partial charge is 0.388 e. The fraction of sp³-hybridized carbons (Fsp3) is 0.583. The van der Waals surface area contributed by atoms with E-state index in [0.717, 1.165) is 0 Å². The van der Waals surface area contributed by atoms with Gasteiger partial charge >= 0.3 is 6.03 Å². The van der Waals surface area contributed by atoms with Crippen molar-refractivity contribution in [3.8, 4) is 0 Å². The normalized spacial score (nSPS) is 34.4. The summed E-state index contributed by atoms with van der Waals surface area (Å²) in [7, 11) is 0. The molecule has 0 aromatic carbocycles. The van der Waals surface area contributed by atoms with Crippen LogP contribution in [-0.2, 0) is 9.47 Å². The maximum absolute atomic E-state index is 11.8. The molecule has 21 heavy (non-hydrogen) atoms. The van der Waals surface area contributed by atoms with E-state index >= 15 is 0 Å². The molecule has 2 amide bonds. The van der Waals surface area contributed by atoms with Crippen LogP contribution in [0.3, 0.4) is 0 Å². The minimum absolute atomic E-state index is 0.305. The third kappa shape index (κ3) is 2.62. The molecule has 2 aliphatic rings. The Morgan fingerprint density at radius 1 is 1.62 bits per heavy atom. The zero-order chi connectivity index (χ0) is 14.8. The average molecular weight is 295 g/mol. The minimum Gasteiger partial charge on any atom is -0.388 e. The standard InChI is InChI=1S/C12H17N5O4/c1-2-3-14-12(19)16-8-7-4-20-11(21-7)9(10(8)18)17-6-13-5-15-17/h2,5-11,18H,1,3-4H2,(H2,14,16,19)/t7-,8-,9-,10+,11-/m1/s1. The number of aromatic nitrogens is 3. The van der Waals surface area contributed by atoms with Gasteiger partial charge in [0.25, 0.3) is 0 Å². The van der Waals surface area contributed by atoms with Crippen LogP contribution in [0.5, 0.6) is 0 Å². The van der Waals surface area contributed by atoms with Crippen LogP contribution in [0.4, 0.5) is 4.79 Å². The summed E-state index contributed by atoms with van der Waals surface area (Å²) in [6.07, 6.45) is 2.54. The first-order valence-electron chi connectivity index (χ1n) is 6.65. The summed E-state index contributed by atoms with van der Waals surface area (Å²) >= 11 is 0. The van der Waals surface area contributed by atoms with Crippen molar-refractivity contribution in [1.82, 2.24) is 25.4 Å². The summed E-state index contributed by atoms with van der Waals surface area (Å²) in [4.78, 5) is 15.6. The number of amides is 2. The summed E-state index contributed by atoms with van der Waals surface area (Å²) in [6, 6.07) is -1.55. The van der Waals surface area contributed by atoms with Crippen LogP contribution in [-0.4, -0.2) is 63.6 Å². The number of nitrogens with one attached hydrogen (secondary N) is 2. The van der Waals surface area contributed by atoms with Crippen molar-refractivity contribution < 1.29 is 19.4 Å². The number of ether oxygens (including phenoxy) is 2. The second kappa shape index (κ2) is 5.80. The van der Waals surface area contributed by atoms with Crippen molar-refractivity contribution in [1.29, 1.82) is 0 Å². The van der Waals surface area contributed by atoms with Crippen LogP contribution < -0.4 is 10.6 Å². The lowest BCUT2D eigenvalue weighted by molar-refractivity contribution is -0.166. The molecule has 5 atom stereocenters. The third-order valence-electron chi connectivity index (χ3n) is 3.58. The molecule has 1 aromatic rings. The van der Waals surface area contributed by atoms with Crippen LogP contribution in [0.1, 0.15) is 6.04 Å². The Morgan fingerprint density at radius 3 is 3.19 bits per heavy atom. The fourth-order valence-corrected chi connectivity index (χ4v) is 2.60. The Morgan fingerprint density at radius 2 is 2.48 bits per heavy atom. The van der Waals surface area contributed by atoms with E-state index in [1.54, 1.807) is 6.08 Å². The second-order valence-corrected chi connectivity index (χ2v) is 4.90. The lowest BCUT2D eigenvalue weighted by atomic mass is 9.96. The van der Waals surface area contributed by atoms with Crippen molar-refractivity contribution in [3.05, 3.63) is 25.3 Å². The topological polar surface area (TPSA) is 111 Å². The van der Waals surface area contributed by atoms with E-state index < -0.39 is 30.5 Å². The van der Waals surface area contributed by atoms with Crippen LogP contribution in [0.2, 0.25) is 0 Å². The summed E-state index contributed by atoms with van der Waals surface area (Å²) in [6.45, 7) is 4.17. The first-order chi connectivity index (χ1) is 10.2. The number of rotatable bonds is 4. The van der Waals surface area contributed by atoms with Gasteiger partial charge in [-0.1, -0.05) is 6.08 Å². The zero-order valence-electron chi connectivity index (χ0n) is 11.3. The molecule has 0 saturated carbocycles. The Balaban J connectivity index is 1.74. The summed E-state index contributed by atoms with van der Waals surface area (Å²) < 4.78 is 12.7. The molecule has 2 saturated heterocycles. The summed E-state index contributed by atoms with van der Waals surface area (Å²) in [5.74, 6) is 0. The van der Waals surface area contributed by atoms with Crippen LogP contribution in [0, 0.1) is 0 Å². The minimum atomic E-state index is -0.896. The number of urea groups is 1. The van der Waals surface area contributed by atoms with E-state index in [-0.39, 0.29) is 6.10 Å². The highest BCUT2D eigenvalue weighted by molar-refractivity contribution is 5.74. The maximum Gasteiger partial charge on any atom is 0.315 e. The molecular formula is C12H17N5O4. The van der Waals surface area contributed by atoms with Gasteiger partial charge in [-0.05, 0) is 0 Å². The van der Waals surface area contributed by atoms with Gasteiger partial charge in [0.05, 0.1) is 12.6 Å². The number of hydrogen-bond acceptors (Lipinski definition) is 6. The number of aliphatic hydroxyl groups is 1. The Hall–Kier alpha value is -1.97. The van der Waals surface area contributed by atoms with Crippen LogP contribution in [0.25, 0.3) is 0 Å². The molecule has 3 rings (SSSR count). The van der Waals surface area contributed by atoms with Crippen molar-refractivity contribution in [3.63, 3.8) is 0 Å². The number of hydrogen-bond donors (Lipinski definition) is 3. The molecule has 2 fully saturated rings. The number of carbonyl (C=O) groups excluding carboxylic acids is 1. The number of nitrogens with zero attached hydrogens (tertiary/aromatic N) is 3. The number of fused-ring (bicyclic) bond motifs is 2. The number of carbonyl (C=O) groups is 1. The van der Waals surface area contributed by atoms with E-state index in [9.17, 15) is 9.90 Å². The summed E-state index contributed by atoms with van der Waals surface area (Å²) in [5.41, 5.74) is 0. The van der Waals surface area contributed by atoms with E-state index in [4.69, 9.17) is 9.47 Å². The molecule has 1 aromatic heterocycles. The van der Waals surface area contributed by atoms with Gasteiger partial charge < -0.3 is 25.2 Å². The molecule has 9 nitrogen and oxygen atoms in total. The lowest BCUT2D eigenvalue weighted by Crippen LogP contribution is -2.60. The monoisotopic (exact) mass is 295 g/mol. The van der Waals surface area contributed by atoms with Crippen molar-refractivity contribution in [2.45, 2.75) is 30.6 Å². The van der Waals surface area contributed by atoms with Crippen molar-refractivity contribution in [2.75, 3.05) is 13.2 Å². The van der Waals surface area contributed by atoms with Gasteiger partial charge in [-0.2, -0.15) is 5.10 Å². The molecule has 2 bridgehead atoms. The molecule has 114 valence electrons. The molecule has 0 unspecified atom stereocenters.